The molecule has 0 aromatic carbocycles. The fraction of sp³-hybridized carbons (Fsp3) is 1.00. The van der Waals surface area contributed by atoms with E-state index >= 15 is 0 Å². The maximum Gasteiger partial charge on any atom is 0.0285 e. The summed E-state index contributed by atoms with van der Waals surface area (Å²) in [6.45, 7) is 5.51. The largest absolute Gasteiger partial charge is 0.329 e. The molecule has 2 heteroatoms. The van der Waals surface area contributed by atoms with E-state index in [9.17, 15) is 0 Å². The number of unbranched alkanes of at least 4 members (excludes halogenated alkanes) is 1. The first kappa shape index (κ1) is 13.4. The molecule has 1 rings (SSSR count). The summed E-state index contributed by atoms with van der Waals surface area (Å²) in [7, 11) is 0. The van der Waals surface area contributed by atoms with Crippen LogP contribution < -0.4 is 5.73 Å². The Morgan fingerprint density at radius 3 is 2.67 bits per heavy atom. The van der Waals surface area contributed by atoms with E-state index in [1.165, 1.54) is 50.7 Å². The Bertz CT molecular complexity index is 164. The Morgan fingerprint density at radius 2 is 2.20 bits per heavy atom. The fourth-order valence-electron chi connectivity index (χ4n) is 2.63. The zero-order valence-electron chi connectivity index (χ0n) is 10.4. The minimum atomic E-state index is 0.453. The van der Waals surface area contributed by atoms with Crippen LogP contribution in [0.25, 0.3) is 0 Å². The Hall–Kier alpha value is 0.310. The van der Waals surface area contributed by atoms with Crippen molar-refractivity contribution in [2.24, 2.45) is 11.7 Å². The molecule has 1 aliphatic rings. The van der Waals surface area contributed by atoms with Crippen molar-refractivity contribution in [1.82, 2.24) is 0 Å². The van der Waals surface area contributed by atoms with Crippen LogP contribution in [0.5, 0.6) is 0 Å². The zero-order valence-corrected chi connectivity index (χ0v) is 11.2. The van der Waals surface area contributed by atoms with Gasteiger partial charge in [-0.25, -0.2) is 0 Å². The molecular formula is C13H27NS. The molecule has 0 spiro atoms. The quantitative estimate of drug-likeness (QED) is 0.718. The van der Waals surface area contributed by atoms with E-state index in [-0.39, 0.29) is 0 Å². The minimum absolute atomic E-state index is 0.453. The molecule has 0 aromatic heterocycles. The van der Waals surface area contributed by atoms with Gasteiger partial charge in [-0.2, -0.15) is 11.8 Å². The molecule has 2 unspecified atom stereocenters. The monoisotopic (exact) mass is 229 g/mol. The van der Waals surface area contributed by atoms with Gasteiger partial charge >= 0.3 is 0 Å². The summed E-state index contributed by atoms with van der Waals surface area (Å²) in [4.78, 5) is 0. The van der Waals surface area contributed by atoms with Gasteiger partial charge in [-0.3, -0.25) is 0 Å². The highest BCUT2D eigenvalue weighted by Crippen LogP contribution is 2.43. The summed E-state index contributed by atoms with van der Waals surface area (Å²) in [5.41, 5.74) is 5.98. The molecule has 1 heterocycles. The van der Waals surface area contributed by atoms with Crippen molar-refractivity contribution >= 4 is 11.8 Å². The summed E-state index contributed by atoms with van der Waals surface area (Å²) in [5, 5.41) is 0. The van der Waals surface area contributed by atoms with Crippen LogP contribution in [0.3, 0.4) is 0 Å². The van der Waals surface area contributed by atoms with E-state index in [2.05, 4.69) is 25.6 Å². The van der Waals surface area contributed by atoms with Gasteiger partial charge in [0.25, 0.3) is 0 Å². The lowest BCUT2D eigenvalue weighted by Crippen LogP contribution is -2.34. The van der Waals surface area contributed by atoms with E-state index in [0.717, 1.165) is 12.5 Å². The van der Waals surface area contributed by atoms with E-state index in [0.29, 0.717) is 4.75 Å². The van der Waals surface area contributed by atoms with Gasteiger partial charge < -0.3 is 5.73 Å². The predicted octanol–water partition coefficient (Wildman–Crippen LogP) is 3.82. The lowest BCUT2D eigenvalue weighted by Gasteiger charge is -2.30. The summed E-state index contributed by atoms with van der Waals surface area (Å²) in [6.07, 6.45) is 9.58. The average Bonchev–Trinajstić information content (AvgIpc) is 2.73. The molecular weight excluding hydrogens is 202 g/mol. The smallest absolute Gasteiger partial charge is 0.0285 e. The molecule has 0 saturated carbocycles. The Morgan fingerprint density at radius 1 is 1.40 bits per heavy atom. The summed E-state index contributed by atoms with van der Waals surface area (Å²) in [6, 6.07) is 0. The second-order valence-corrected chi connectivity index (χ2v) is 6.52. The van der Waals surface area contributed by atoms with Crippen LogP contribution in [0.2, 0.25) is 0 Å². The molecule has 0 aromatic rings. The van der Waals surface area contributed by atoms with Crippen LogP contribution in [0.15, 0.2) is 0 Å². The summed E-state index contributed by atoms with van der Waals surface area (Å²) >= 11 is 2.14. The van der Waals surface area contributed by atoms with Gasteiger partial charge in [-0.05, 0) is 30.9 Å². The molecule has 1 nitrogen and oxygen atoms in total. The van der Waals surface area contributed by atoms with E-state index in [4.69, 9.17) is 5.73 Å². The van der Waals surface area contributed by atoms with E-state index in [1.807, 2.05) is 0 Å². The van der Waals surface area contributed by atoms with Gasteiger partial charge in [-0.15, -0.1) is 0 Å². The maximum absolute atomic E-state index is 5.98. The zero-order chi connectivity index (χ0) is 11.1. The van der Waals surface area contributed by atoms with Gasteiger partial charge in [0, 0.05) is 11.3 Å². The molecule has 1 aliphatic heterocycles. The third-order valence-electron chi connectivity index (χ3n) is 3.76. The van der Waals surface area contributed by atoms with Crippen molar-refractivity contribution in [3.63, 3.8) is 0 Å². The summed E-state index contributed by atoms with van der Waals surface area (Å²) in [5.74, 6) is 2.25. The van der Waals surface area contributed by atoms with Crippen molar-refractivity contribution in [1.29, 1.82) is 0 Å². The lowest BCUT2D eigenvalue weighted by molar-refractivity contribution is 0.359. The van der Waals surface area contributed by atoms with Gasteiger partial charge in [0.05, 0.1) is 0 Å². The molecule has 0 amide bonds. The first-order valence-corrected chi connectivity index (χ1v) is 7.59. The first-order valence-electron chi connectivity index (χ1n) is 6.60. The van der Waals surface area contributed by atoms with Gasteiger partial charge in [0.1, 0.15) is 0 Å². The third kappa shape index (κ3) is 3.99. The molecule has 0 aliphatic carbocycles. The van der Waals surface area contributed by atoms with Crippen molar-refractivity contribution in [3.8, 4) is 0 Å². The number of hydrogen-bond acceptors (Lipinski definition) is 2. The summed E-state index contributed by atoms with van der Waals surface area (Å²) < 4.78 is 0.453. The Balaban J connectivity index is 2.40. The average molecular weight is 229 g/mol. The fourth-order valence-corrected chi connectivity index (χ4v) is 4.11. The lowest BCUT2D eigenvalue weighted by atomic mass is 9.86. The van der Waals surface area contributed by atoms with Crippen molar-refractivity contribution in [2.45, 2.75) is 63.5 Å². The van der Waals surface area contributed by atoms with Gasteiger partial charge in [0.15, 0.2) is 0 Å². The highest BCUT2D eigenvalue weighted by molar-refractivity contribution is 8.00. The van der Waals surface area contributed by atoms with Crippen molar-refractivity contribution in [3.05, 3.63) is 0 Å². The molecule has 90 valence electrons. The van der Waals surface area contributed by atoms with Crippen molar-refractivity contribution in [2.75, 3.05) is 12.3 Å². The van der Waals surface area contributed by atoms with Crippen LogP contribution in [0.1, 0.15) is 58.8 Å². The highest BCUT2D eigenvalue weighted by atomic mass is 32.2. The van der Waals surface area contributed by atoms with E-state index in [1.54, 1.807) is 0 Å². The van der Waals surface area contributed by atoms with Crippen molar-refractivity contribution < 1.29 is 0 Å². The second-order valence-electron chi connectivity index (χ2n) is 4.96. The van der Waals surface area contributed by atoms with Crippen LogP contribution in [-0.2, 0) is 0 Å². The van der Waals surface area contributed by atoms with Crippen LogP contribution in [0.4, 0.5) is 0 Å². The molecule has 15 heavy (non-hydrogen) atoms. The number of hydrogen-bond donors (Lipinski definition) is 1. The second kappa shape index (κ2) is 6.80. The minimum Gasteiger partial charge on any atom is -0.329 e. The van der Waals surface area contributed by atoms with Crippen LogP contribution in [0, 0.1) is 5.92 Å². The third-order valence-corrected chi connectivity index (χ3v) is 5.40. The number of nitrogens with two attached hydrogens (primary N) is 1. The maximum atomic E-state index is 5.98. The molecule has 1 fully saturated rings. The van der Waals surface area contributed by atoms with E-state index < -0.39 is 0 Å². The number of thioether (sulfide) groups is 1. The van der Waals surface area contributed by atoms with Gasteiger partial charge in [0.2, 0.25) is 0 Å². The van der Waals surface area contributed by atoms with Crippen LogP contribution in [-0.4, -0.2) is 17.0 Å². The Kier molecular flexibility index (Phi) is 6.06. The molecule has 1 saturated heterocycles. The van der Waals surface area contributed by atoms with Crippen LogP contribution >= 0.6 is 11.8 Å². The standard InChI is InChI=1S/C13H27NS/c1-3-5-7-12(4-2)10-13(11-14)8-6-9-15-13/h12H,3-11,14H2,1-2H3. The topological polar surface area (TPSA) is 26.0 Å². The molecule has 2 atom stereocenters. The SMILES string of the molecule is CCCCC(CC)CC1(CN)CCCS1. The predicted molar refractivity (Wildman–Crippen MR) is 71.4 cm³/mol. The number of rotatable bonds is 7. The molecule has 0 radical (unpaired) electrons. The first-order chi connectivity index (χ1) is 7.26. The molecule has 0 bridgehead atoms. The Labute approximate surface area is 99.6 Å². The van der Waals surface area contributed by atoms with Gasteiger partial charge in [-0.1, -0.05) is 39.5 Å². The highest BCUT2D eigenvalue weighted by Gasteiger charge is 2.34. The molecule has 2 N–H and O–H groups in total. The normalized spacial score (nSPS) is 28.2.